The Morgan fingerprint density at radius 1 is 1.50 bits per heavy atom. The van der Waals surface area contributed by atoms with Crippen LogP contribution in [0, 0.1) is 0 Å². The van der Waals surface area contributed by atoms with Gasteiger partial charge in [-0.15, -0.1) is 0 Å². The monoisotopic (exact) mass is 194 g/mol. The highest BCUT2D eigenvalue weighted by atomic mass is 16.4. The van der Waals surface area contributed by atoms with Gasteiger partial charge in [0.25, 0.3) is 0 Å². The highest BCUT2D eigenvalue weighted by molar-refractivity contribution is 5.88. The number of carboxylic acids is 1. The second kappa shape index (κ2) is 2.66. The lowest BCUT2D eigenvalue weighted by Crippen LogP contribution is -2.05. The maximum Gasteiger partial charge on any atom is 0.374 e. The van der Waals surface area contributed by atoms with Crippen LogP contribution >= 0.6 is 0 Å². The zero-order valence-electron chi connectivity index (χ0n) is 7.17. The number of carboxylic acid groups (broad SMARTS) is 1. The van der Waals surface area contributed by atoms with E-state index >= 15 is 0 Å². The van der Waals surface area contributed by atoms with Crippen LogP contribution in [0.25, 0.3) is 11.0 Å². The molecule has 72 valence electrons. The Bertz CT molecular complexity index is 519. The number of carbonyl (C=O) groups is 1. The first kappa shape index (κ1) is 8.42. The number of aromatic hydroxyl groups is 1. The average Bonchev–Trinajstić information content (AvgIpc) is 2.48. The molecule has 0 aliphatic rings. The van der Waals surface area contributed by atoms with Crippen molar-refractivity contribution >= 4 is 17.0 Å². The van der Waals surface area contributed by atoms with Crippen LogP contribution in [0.4, 0.5) is 0 Å². The van der Waals surface area contributed by atoms with E-state index in [2.05, 4.69) is 15.1 Å². The van der Waals surface area contributed by atoms with E-state index in [-0.39, 0.29) is 11.5 Å². The van der Waals surface area contributed by atoms with Crippen molar-refractivity contribution in [3.8, 4) is 5.88 Å². The molecule has 0 unspecified atom stereocenters. The molecule has 0 aromatic carbocycles. The van der Waals surface area contributed by atoms with Gasteiger partial charge in [-0.2, -0.15) is 10.1 Å². The highest BCUT2D eigenvalue weighted by Gasteiger charge is 2.14. The molecule has 0 amide bonds. The molecule has 7 heteroatoms. The van der Waals surface area contributed by atoms with E-state index in [1.54, 1.807) is 7.05 Å². The summed E-state index contributed by atoms with van der Waals surface area (Å²) in [5.41, 5.74) is 0.287. The molecule has 2 heterocycles. The van der Waals surface area contributed by atoms with E-state index in [4.69, 9.17) is 5.11 Å². The van der Waals surface area contributed by atoms with Gasteiger partial charge in [0.1, 0.15) is 5.39 Å². The standard InChI is InChI=1S/C7H6N4O3/c1-11-5-3(2-8-11)6(12)10-4(9-5)7(13)14/h2H,1H3,(H,13,14)(H,9,10,12). The molecular weight excluding hydrogens is 188 g/mol. The molecule has 0 saturated carbocycles. The lowest BCUT2D eigenvalue weighted by molar-refractivity contribution is 0.0682. The summed E-state index contributed by atoms with van der Waals surface area (Å²) in [4.78, 5) is 17.7. The number of aromatic nitrogens is 4. The molecule has 14 heavy (non-hydrogen) atoms. The number of hydrogen-bond acceptors (Lipinski definition) is 5. The summed E-state index contributed by atoms with van der Waals surface area (Å²) in [7, 11) is 1.60. The summed E-state index contributed by atoms with van der Waals surface area (Å²) < 4.78 is 1.36. The zero-order chi connectivity index (χ0) is 10.3. The highest BCUT2D eigenvalue weighted by Crippen LogP contribution is 2.19. The molecule has 2 N–H and O–H groups in total. The molecule has 0 radical (unpaired) electrons. The smallest absolute Gasteiger partial charge is 0.374 e. The Morgan fingerprint density at radius 3 is 2.86 bits per heavy atom. The number of fused-ring (bicyclic) bond motifs is 1. The van der Waals surface area contributed by atoms with Crippen LogP contribution in [0.15, 0.2) is 6.20 Å². The molecule has 2 aromatic heterocycles. The topological polar surface area (TPSA) is 101 Å². The van der Waals surface area contributed by atoms with Crippen molar-refractivity contribution in [2.75, 3.05) is 0 Å². The average molecular weight is 194 g/mol. The number of aryl methyl sites for hydroxylation is 1. The summed E-state index contributed by atoms with van der Waals surface area (Å²) in [6.07, 6.45) is 1.37. The van der Waals surface area contributed by atoms with Crippen LogP contribution in [0.2, 0.25) is 0 Å². The Morgan fingerprint density at radius 2 is 2.21 bits per heavy atom. The maximum atomic E-state index is 10.6. The largest absolute Gasteiger partial charge is 0.493 e. The number of nitrogens with zero attached hydrogens (tertiary/aromatic N) is 4. The van der Waals surface area contributed by atoms with Crippen molar-refractivity contribution in [2.45, 2.75) is 0 Å². The van der Waals surface area contributed by atoms with E-state index < -0.39 is 11.8 Å². The van der Waals surface area contributed by atoms with Gasteiger partial charge in [0.15, 0.2) is 5.65 Å². The van der Waals surface area contributed by atoms with E-state index in [9.17, 15) is 9.90 Å². The Hall–Kier alpha value is -2.18. The second-order valence-electron chi connectivity index (χ2n) is 2.68. The van der Waals surface area contributed by atoms with Crippen LogP contribution in [0.5, 0.6) is 5.88 Å². The fraction of sp³-hybridized carbons (Fsp3) is 0.143. The SMILES string of the molecule is Cn1ncc2c(O)nc(C(=O)O)nc21. The minimum Gasteiger partial charge on any atom is -0.493 e. The third-order valence-electron chi connectivity index (χ3n) is 1.76. The zero-order valence-corrected chi connectivity index (χ0v) is 7.17. The molecule has 2 rings (SSSR count). The summed E-state index contributed by atoms with van der Waals surface area (Å²) in [6, 6.07) is 0. The molecule has 0 aliphatic carbocycles. The van der Waals surface area contributed by atoms with Gasteiger partial charge in [0.2, 0.25) is 11.7 Å². The van der Waals surface area contributed by atoms with Gasteiger partial charge < -0.3 is 10.2 Å². The van der Waals surface area contributed by atoms with Gasteiger partial charge in [-0.25, -0.2) is 9.78 Å². The van der Waals surface area contributed by atoms with E-state index in [0.717, 1.165) is 0 Å². The predicted octanol–water partition coefficient (Wildman–Crippen LogP) is -0.233. The van der Waals surface area contributed by atoms with Crippen molar-refractivity contribution in [3.05, 3.63) is 12.0 Å². The van der Waals surface area contributed by atoms with Gasteiger partial charge >= 0.3 is 5.97 Å². The second-order valence-corrected chi connectivity index (χ2v) is 2.68. The first-order valence-electron chi connectivity index (χ1n) is 3.71. The van der Waals surface area contributed by atoms with Crippen molar-refractivity contribution in [2.24, 2.45) is 7.05 Å². The molecule has 7 nitrogen and oxygen atoms in total. The first-order valence-corrected chi connectivity index (χ1v) is 3.71. The molecule has 0 fully saturated rings. The van der Waals surface area contributed by atoms with Crippen molar-refractivity contribution in [1.29, 1.82) is 0 Å². The quantitative estimate of drug-likeness (QED) is 0.650. The maximum absolute atomic E-state index is 10.6. The van der Waals surface area contributed by atoms with Gasteiger partial charge in [0.05, 0.1) is 6.20 Å². The number of hydrogen-bond donors (Lipinski definition) is 2. The van der Waals surface area contributed by atoms with Gasteiger partial charge in [0, 0.05) is 7.05 Å². The lowest BCUT2D eigenvalue weighted by Gasteiger charge is -1.97. The summed E-state index contributed by atoms with van der Waals surface area (Å²) in [5.74, 6) is -2.11. The van der Waals surface area contributed by atoms with E-state index in [1.165, 1.54) is 10.9 Å². The molecule has 0 aliphatic heterocycles. The van der Waals surface area contributed by atoms with Crippen molar-refractivity contribution in [3.63, 3.8) is 0 Å². The lowest BCUT2D eigenvalue weighted by atomic mass is 10.4. The first-order chi connectivity index (χ1) is 6.59. The van der Waals surface area contributed by atoms with Gasteiger partial charge in [-0.05, 0) is 0 Å². The summed E-state index contributed by atoms with van der Waals surface area (Å²) in [5, 5.41) is 22.1. The minimum atomic E-state index is -1.29. The van der Waals surface area contributed by atoms with Crippen LogP contribution in [0.1, 0.15) is 10.6 Å². The third-order valence-corrected chi connectivity index (χ3v) is 1.76. The molecule has 0 saturated heterocycles. The van der Waals surface area contributed by atoms with Crippen LogP contribution in [0.3, 0.4) is 0 Å². The van der Waals surface area contributed by atoms with Crippen molar-refractivity contribution in [1.82, 2.24) is 19.7 Å². The predicted molar refractivity (Wildman–Crippen MR) is 44.9 cm³/mol. The Balaban J connectivity index is 2.82. The third kappa shape index (κ3) is 1.06. The molecular formula is C7H6N4O3. The van der Waals surface area contributed by atoms with E-state index in [0.29, 0.717) is 5.39 Å². The Kier molecular flexibility index (Phi) is 1.60. The summed E-state index contributed by atoms with van der Waals surface area (Å²) in [6.45, 7) is 0. The van der Waals surface area contributed by atoms with Gasteiger partial charge in [-0.1, -0.05) is 0 Å². The van der Waals surface area contributed by atoms with Crippen LogP contribution in [-0.4, -0.2) is 35.9 Å². The normalized spacial score (nSPS) is 10.6. The fourth-order valence-electron chi connectivity index (χ4n) is 1.10. The van der Waals surface area contributed by atoms with E-state index in [1.807, 2.05) is 0 Å². The van der Waals surface area contributed by atoms with Gasteiger partial charge in [-0.3, -0.25) is 4.68 Å². The van der Waals surface area contributed by atoms with Crippen LogP contribution < -0.4 is 0 Å². The number of rotatable bonds is 1. The Labute approximate surface area is 77.6 Å². The van der Waals surface area contributed by atoms with Crippen LogP contribution in [-0.2, 0) is 7.05 Å². The minimum absolute atomic E-state index is 0.287. The van der Waals surface area contributed by atoms with Crippen molar-refractivity contribution < 1.29 is 15.0 Å². The molecule has 0 spiro atoms. The molecule has 0 atom stereocenters. The number of aromatic carboxylic acids is 1. The molecule has 2 aromatic rings. The summed E-state index contributed by atoms with van der Waals surface area (Å²) >= 11 is 0. The molecule has 0 bridgehead atoms. The fourth-order valence-corrected chi connectivity index (χ4v) is 1.10.